The van der Waals surface area contributed by atoms with Gasteiger partial charge in [0.25, 0.3) is 5.91 Å². The highest BCUT2D eigenvalue weighted by Gasteiger charge is 2.54. The van der Waals surface area contributed by atoms with Crippen molar-refractivity contribution in [2.24, 2.45) is 0 Å². The molecule has 0 radical (unpaired) electrons. The zero-order chi connectivity index (χ0) is 38.7. The molecule has 0 bridgehead atoms. The van der Waals surface area contributed by atoms with Crippen LogP contribution in [0.15, 0.2) is 90.1 Å². The number of ether oxygens (including phenoxy) is 1. The number of rotatable bonds is 11. The summed E-state index contributed by atoms with van der Waals surface area (Å²) in [6.07, 6.45) is 1.56. The smallest absolute Gasteiger partial charge is 0.450 e. The van der Waals surface area contributed by atoms with Gasteiger partial charge in [0.2, 0.25) is 5.91 Å². The van der Waals surface area contributed by atoms with E-state index in [-0.39, 0.29) is 18.6 Å². The Balaban J connectivity index is 1.10. The topological polar surface area (TPSA) is 131 Å². The maximum Gasteiger partial charge on any atom is 0.737 e. The highest BCUT2D eigenvalue weighted by molar-refractivity contribution is 6.58. The van der Waals surface area contributed by atoms with Crippen LogP contribution in [-0.2, 0) is 25.6 Å². The van der Waals surface area contributed by atoms with E-state index in [0.717, 1.165) is 54.1 Å². The van der Waals surface area contributed by atoms with Gasteiger partial charge < -0.3 is 37.8 Å². The second-order valence-corrected chi connectivity index (χ2v) is 13.4. The molecule has 2 aliphatic rings. The molecule has 1 atom stereocenters. The summed E-state index contributed by atoms with van der Waals surface area (Å²) in [6.45, 7) is 2.17. The number of benzene rings is 3. The Morgan fingerprint density at radius 3 is 2.39 bits per heavy atom. The van der Waals surface area contributed by atoms with E-state index >= 15 is 8.63 Å². The van der Waals surface area contributed by atoms with Gasteiger partial charge in [-0.25, -0.2) is 14.0 Å². The van der Waals surface area contributed by atoms with Crippen LogP contribution in [-0.4, -0.2) is 64.7 Å². The summed E-state index contributed by atoms with van der Waals surface area (Å²) in [5.74, 6) is -3.06. The Bertz CT molecular complexity index is 2260. The Labute approximate surface area is 309 Å². The van der Waals surface area contributed by atoms with E-state index in [2.05, 4.69) is 10.6 Å². The molecule has 1 aromatic heterocycles. The Kier molecular flexibility index (Phi) is 10.8. The summed E-state index contributed by atoms with van der Waals surface area (Å²) in [5, 5.41) is 6.93. The van der Waals surface area contributed by atoms with Crippen molar-refractivity contribution in [1.82, 2.24) is 20.6 Å². The Morgan fingerprint density at radius 2 is 1.65 bits per heavy atom. The third kappa shape index (κ3) is 7.80. The SMILES string of the molecule is CC1=CC(C)=[N+]2C1=C(CCCOC(=O)N[C@H](Cc1ccc3ccccc3c1)C(=O)NCC(=O)NOC(=O)c1ccc(F)cc1)c1c(C)cc(C)n1[B-]2(F)F. The normalized spacial score (nSPS) is 14.9. The van der Waals surface area contributed by atoms with Gasteiger partial charge in [0.1, 0.15) is 17.6 Å². The highest BCUT2D eigenvalue weighted by atomic mass is 19.2. The second-order valence-electron chi connectivity index (χ2n) is 13.4. The number of aromatic nitrogens is 1. The molecule has 0 fully saturated rings. The molecule has 15 heteroatoms. The van der Waals surface area contributed by atoms with Crippen LogP contribution in [0.25, 0.3) is 16.3 Å². The number of allylic oxidation sites excluding steroid dienone is 3. The Morgan fingerprint density at radius 1 is 0.926 bits per heavy atom. The van der Waals surface area contributed by atoms with Crippen molar-refractivity contribution in [3.8, 4) is 0 Å². The lowest BCUT2D eigenvalue weighted by Crippen LogP contribution is -2.51. The van der Waals surface area contributed by atoms with Gasteiger partial charge in [0.15, 0.2) is 5.70 Å². The first-order valence-corrected chi connectivity index (χ1v) is 17.4. The van der Waals surface area contributed by atoms with E-state index in [4.69, 9.17) is 9.57 Å². The van der Waals surface area contributed by atoms with Gasteiger partial charge in [0.05, 0.1) is 18.7 Å². The number of aryl methyl sites for hydroxylation is 2. The highest BCUT2D eigenvalue weighted by Crippen LogP contribution is 2.43. The molecule has 3 N–H and O–H groups in total. The number of alkyl carbamates (subject to hydrolysis) is 1. The van der Waals surface area contributed by atoms with Crippen LogP contribution in [0, 0.1) is 19.7 Å². The van der Waals surface area contributed by atoms with Crippen molar-refractivity contribution in [1.29, 1.82) is 0 Å². The van der Waals surface area contributed by atoms with Crippen molar-refractivity contribution in [3.63, 3.8) is 0 Å². The maximum absolute atomic E-state index is 15.9. The summed E-state index contributed by atoms with van der Waals surface area (Å²) < 4.78 is 52.6. The molecule has 2 aliphatic heterocycles. The molecular formula is C39H39BF3N5O6. The maximum atomic E-state index is 15.9. The number of carbonyl (C=O) groups is 4. The molecule has 54 heavy (non-hydrogen) atoms. The average molecular weight is 742 g/mol. The monoisotopic (exact) mass is 741 g/mol. The minimum absolute atomic E-state index is 0.00170. The fraction of sp³-hybridized carbons (Fsp3) is 0.256. The zero-order valence-electron chi connectivity index (χ0n) is 30.2. The molecule has 0 aliphatic carbocycles. The van der Waals surface area contributed by atoms with E-state index in [1.807, 2.05) is 47.9 Å². The number of nitrogens with zero attached hydrogens (tertiary/aromatic N) is 2. The summed E-state index contributed by atoms with van der Waals surface area (Å²) in [6, 6.07) is 18.3. The van der Waals surface area contributed by atoms with Crippen LogP contribution in [0.5, 0.6) is 0 Å². The predicted octanol–water partition coefficient (Wildman–Crippen LogP) is 5.90. The molecule has 11 nitrogen and oxygen atoms in total. The van der Waals surface area contributed by atoms with Crippen LogP contribution in [0.1, 0.15) is 59.6 Å². The van der Waals surface area contributed by atoms with Gasteiger partial charge in [-0.05, 0) is 91.5 Å². The zero-order valence-corrected chi connectivity index (χ0v) is 30.2. The van der Waals surface area contributed by atoms with E-state index in [0.29, 0.717) is 35.6 Å². The van der Waals surface area contributed by atoms with Gasteiger partial charge in [-0.15, -0.1) is 0 Å². The van der Waals surface area contributed by atoms with Crippen LogP contribution >= 0.6 is 0 Å². The van der Waals surface area contributed by atoms with Crippen LogP contribution in [0.2, 0.25) is 0 Å². The predicted molar refractivity (Wildman–Crippen MR) is 197 cm³/mol. The molecule has 0 unspecified atom stereocenters. The van der Waals surface area contributed by atoms with Gasteiger partial charge in [-0.2, -0.15) is 5.48 Å². The quantitative estimate of drug-likeness (QED) is 0.0998. The molecule has 6 rings (SSSR count). The fourth-order valence-corrected chi connectivity index (χ4v) is 7.15. The first-order chi connectivity index (χ1) is 25.7. The van der Waals surface area contributed by atoms with E-state index < -0.39 is 49.3 Å². The molecular weight excluding hydrogens is 702 g/mol. The summed E-state index contributed by atoms with van der Waals surface area (Å²) in [5.41, 5.74) is 6.70. The minimum Gasteiger partial charge on any atom is -0.450 e. The number of amides is 3. The summed E-state index contributed by atoms with van der Waals surface area (Å²) in [4.78, 5) is 55.8. The number of hydrogen-bond acceptors (Lipinski definition) is 6. The van der Waals surface area contributed by atoms with Crippen LogP contribution < -0.4 is 16.1 Å². The van der Waals surface area contributed by atoms with Crippen LogP contribution in [0.3, 0.4) is 0 Å². The molecule has 280 valence electrons. The molecule has 3 aromatic carbocycles. The standard InChI is InChI=1S/C39H39BF3N5O6/c1-23-18-25(3)47-35(23)32(36-24(2)19-26(4)48(36)40(47,42)43)10-7-17-53-39(52)45-33(21-27-11-12-28-8-5-6-9-30(28)20-27)37(50)44-22-34(49)46-54-38(51)29-13-15-31(41)16-14-29/h5-6,8-9,11-16,18-20,33H,7,10,17,21-22H2,1-4H3,(H,44,50)(H,45,52)(H,46,49)/t33-/m1/s1. The first kappa shape index (κ1) is 37.6. The number of fused-ring (bicyclic) bond motifs is 3. The van der Waals surface area contributed by atoms with Crippen molar-refractivity contribution in [2.75, 3.05) is 13.2 Å². The van der Waals surface area contributed by atoms with Gasteiger partial charge in [0, 0.05) is 36.3 Å². The number of nitrogens with one attached hydrogen (secondary N) is 3. The van der Waals surface area contributed by atoms with E-state index in [1.54, 1.807) is 39.8 Å². The molecule has 0 saturated carbocycles. The lowest BCUT2D eigenvalue weighted by Gasteiger charge is -2.34. The lowest BCUT2D eigenvalue weighted by atomic mass is 9.85. The first-order valence-electron chi connectivity index (χ1n) is 17.4. The lowest BCUT2D eigenvalue weighted by molar-refractivity contribution is -0.363. The van der Waals surface area contributed by atoms with Gasteiger partial charge in [-0.3, -0.25) is 9.59 Å². The molecule has 4 aromatic rings. The molecule has 0 spiro atoms. The summed E-state index contributed by atoms with van der Waals surface area (Å²) in [7, 11) is 0. The minimum atomic E-state index is -4.10. The van der Waals surface area contributed by atoms with Crippen molar-refractivity contribution >= 4 is 52.9 Å². The third-order valence-corrected chi connectivity index (χ3v) is 9.46. The largest absolute Gasteiger partial charge is 0.737 e. The van der Waals surface area contributed by atoms with Crippen molar-refractivity contribution in [3.05, 3.63) is 124 Å². The van der Waals surface area contributed by atoms with Gasteiger partial charge >= 0.3 is 19.0 Å². The Hall–Kier alpha value is -6.12. The third-order valence-electron chi connectivity index (χ3n) is 9.46. The van der Waals surface area contributed by atoms with Gasteiger partial charge in [-0.1, -0.05) is 42.5 Å². The van der Waals surface area contributed by atoms with Crippen molar-refractivity contribution < 1.29 is 46.3 Å². The molecule has 3 amide bonds. The number of halogens is 3. The fourth-order valence-electron chi connectivity index (χ4n) is 7.15. The number of carbonyl (C=O) groups excluding carboxylic acids is 4. The van der Waals surface area contributed by atoms with Crippen LogP contribution in [0.4, 0.5) is 17.8 Å². The van der Waals surface area contributed by atoms with E-state index in [9.17, 15) is 23.6 Å². The number of hydrogen-bond donors (Lipinski definition) is 3. The second kappa shape index (κ2) is 15.5. The molecule has 3 heterocycles. The van der Waals surface area contributed by atoms with E-state index in [1.165, 1.54) is 12.1 Å². The number of hydroxylamine groups is 1. The van der Waals surface area contributed by atoms with Crippen molar-refractivity contribution in [2.45, 2.75) is 53.0 Å². The summed E-state index contributed by atoms with van der Waals surface area (Å²) >= 11 is 0. The average Bonchev–Trinajstić information content (AvgIpc) is 3.62. The molecule has 0 saturated heterocycles.